The molecule has 1 aliphatic carbocycles. The van der Waals surface area contributed by atoms with E-state index >= 15 is 0 Å². The minimum Gasteiger partial charge on any atom is -0.0877 e. The van der Waals surface area contributed by atoms with Crippen LogP contribution in [0, 0.1) is 5.92 Å². The van der Waals surface area contributed by atoms with Gasteiger partial charge in [0.2, 0.25) is 0 Å². The quantitative estimate of drug-likeness (QED) is 0.566. The van der Waals surface area contributed by atoms with Crippen LogP contribution in [0.3, 0.4) is 0 Å². The van der Waals surface area contributed by atoms with Gasteiger partial charge in [-0.3, -0.25) is 0 Å². The molecular weight excluding hydrogens is 156 g/mol. The molecule has 2 atom stereocenters. The Morgan fingerprint density at radius 1 is 1.15 bits per heavy atom. The smallest absolute Gasteiger partial charge is 0.0122 e. The molecule has 13 heavy (non-hydrogen) atoms. The van der Waals surface area contributed by atoms with Gasteiger partial charge in [-0.2, -0.15) is 0 Å². The molecule has 0 aliphatic heterocycles. The predicted octanol–water partition coefficient (Wildman–Crippen LogP) is 3.76. The van der Waals surface area contributed by atoms with Crippen LogP contribution in [0.5, 0.6) is 0 Å². The van der Waals surface area contributed by atoms with Gasteiger partial charge in [-0.15, -0.1) is 0 Å². The Kier molecular flexibility index (Phi) is 2.49. The minimum absolute atomic E-state index is 0.749. The summed E-state index contributed by atoms with van der Waals surface area (Å²) in [6.45, 7) is 2.30. The molecule has 0 spiro atoms. The molecule has 1 aromatic carbocycles. The Morgan fingerprint density at radius 3 is 2.62 bits per heavy atom. The van der Waals surface area contributed by atoms with E-state index in [0.29, 0.717) is 0 Å². The summed E-state index contributed by atoms with van der Waals surface area (Å²) in [5.74, 6) is 1.50. The normalized spacial score (nSPS) is 27.5. The van der Waals surface area contributed by atoms with E-state index < -0.39 is 0 Å². The van der Waals surface area contributed by atoms with Crippen LogP contribution in [0.2, 0.25) is 0 Å². The highest BCUT2D eigenvalue weighted by Crippen LogP contribution is 2.31. The number of rotatable bonds is 1. The lowest BCUT2D eigenvalue weighted by Crippen LogP contribution is -2.06. The second-order valence-corrected chi connectivity index (χ2v) is 3.98. The van der Waals surface area contributed by atoms with E-state index in [1.807, 2.05) is 0 Å². The highest BCUT2D eigenvalue weighted by molar-refractivity contribution is 5.21. The molecular formula is C13H16. The van der Waals surface area contributed by atoms with Crippen LogP contribution >= 0.6 is 0 Å². The molecule has 2 rings (SSSR count). The van der Waals surface area contributed by atoms with E-state index in [2.05, 4.69) is 49.4 Å². The summed E-state index contributed by atoms with van der Waals surface area (Å²) in [4.78, 5) is 0. The van der Waals surface area contributed by atoms with Gasteiger partial charge in [-0.05, 0) is 30.2 Å². The van der Waals surface area contributed by atoms with Gasteiger partial charge >= 0.3 is 0 Å². The molecule has 0 heterocycles. The van der Waals surface area contributed by atoms with Gasteiger partial charge in [0.1, 0.15) is 0 Å². The van der Waals surface area contributed by atoms with Crippen molar-refractivity contribution in [3.05, 3.63) is 48.0 Å². The summed E-state index contributed by atoms with van der Waals surface area (Å²) in [6, 6.07) is 10.9. The van der Waals surface area contributed by atoms with Crippen molar-refractivity contribution in [2.45, 2.75) is 25.7 Å². The van der Waals surface area contributed by atoms with Crippen molar-refractivity contribution < 1.29 is 0 Å². The van der Waals surface area contributed by atoms with Gasteiger partial charge in [-0.1, -0.05) is 49.4 Å². The predicted molar refractivity (Wildman–Crippen MR) is 56.7 cm³/mol. The Balaban J connectivity index is 2.15. The average molecular weight is 172 g/mol. The largest absolute Gasteiger partial charge is 0.0877 e. The summed E-state index contributed by atoms with van der Waals surface area (Å²) >= 11 is 0. The van der Waals surface area contributed by atoms with Gasteiger partial charge in [0.15, 0.2) is 0 Å². The molecule has 0 radical (unpaired) electrons. The van der Waals surface area contributed by atoms with Crippen LogP contribution in [0.1, 0.15) is 31.2 Å². The molecule has 0 saturated heterocycles. The first-order valence-corrected chi connectivity index (χ1v) is 5.08. The van der Waals surface area contributed by atoms with E-state index in [1.54, 1.807) is 0 Å². The molecule has 0 amide bonds. The third-order valence-electron chi connectivity index (χ3n) is 2.81. The van der Waals surface area contributed by atoms with Crippen molar-refractivity contribution in [3.8, 4) is 0 Å². The molecule has 1 aromatic rings. The highest BCUT2D eigenvalue weighted by atomic mass is 14.2. The Morgan fingerprint density at radius 2 is 1.92 bits per heavy atom. The van der Waals surface area contributed by atoms with Crippen molar-refractivity contribution in [2.24, 2.45) is 5.92 Å². The van der Waals surface area contributed by atoms with Crippen LogP contribution in [0.25, 0.3) is 0 Å². The Bertz CT molecular complexity index is 284. The van der Waals surface area contributed by atoms with Gasteiger partial charge in [-0.25, -0.2) is 0 Å². The topological polar surface area (TPSA) is 0 Å². The zero-order valence-corrected chi connectivity index (χ0v) is 8.11. The average Bonchev–Trinajstić information content (AvgIpc) is 2.19. The molecule has 0 N–H and O–H groups in total. The zero-order chi connectivity index (χ0) is 9.10. The Labute approximate surface area is 80.3 Å². The van der Waals surface area contributed by atoms with Gasteiger partial charge < -0.3 is 0 Å². The van der Waals surface area contributed by atoms with Crippen molar-refractivity contribution in [1.29, 1.82) is 0 Å². The second kappa shape index (κ2) is 3.78. The molecule has 0 fully saturated rings. The number of benzene rings is 1. The molecule has 2 unspecified atom stereocenters. The highest BCUT2D eigenvalue weighted by Gasteiger charge is 2.15. The fraction of sp³-hybridized carbons (Fsp3) is 0.385. The van der Waals surface area contributed by atoms with Crippen molar-refractivity contribution >= 4 is 0 Å². The first-order valence-electron chi connectivity index (χ1n) is 5.08. The monoisotopic (exact) mass is 172 g/mol. The SMILES string of the molecule is CC1C=CCC(c2ccccc2)C1. The summed E-state index contributed by atoms with van der Waals surface area (Å²) < 4.78 is 0. The second-order valence-electron chi connectivity index (χ2n) is 3.98. The maximum atomic E-state index is 2.33. The minimum atomic E-state index is 0.749. The van der Waals surface area contributed by atoms with Crippen LogP contribution in [0.15, 0.2) is 42.5 Å². The molecule has 68 valence electrons. The number of hydrogen-bond acceptors (Lipinski definition) is 0. The summed E-state index contributed by atoms with van der Waals surface area (Å²) in [7, 11) is 0. The lowest BCUT2D eigenvalue weighted by Gasteiger charge is -2.22. The summed E-state index contributed by atoms with van der Waals surface area (Å²) in [5, 5.41) is 0. The standard InChI is InChI=1S/C13H16/c1-11-6-5-9-13(10-11)12-7-3-2-4-8-12/h2-8,11,13H,9-10H2,1H3. The maximum absolute atomic E-state index is 2.33. The van der Waals surface area contributed by atoms with Gasteiger partial charge in [0.05, 0.1) is 0 Å². The third kappa shape index (κ3) is 2.00. The Hall–Kier alpha value is -1.04. The fourth-order valence-corrected chi connectivity index (χ4v) is 2.10. The number of allylic oxidation sites excluding steroid dienone is 2. The summed E-state index contributed by atoms with van der Waals surface area (Å²) in [6.07, 6.45) is 7.18. The van der Waals surface area contributed by atoms with E-state index in [9.17, 15) is 0 Å². The number of hydrogen-bond donors (Lipinski definition) is 0. The zero-order valence-electron chi connectivity index (χ0n) is 8.11. The van der Waals surface area contributed by atoms with Crippen LogP contribution in [-0.2, 0) is 0 Å². The van der Waals surface area contributed by atoms with Crippen LogP contribution in [-0.4, -0.2) is 0 Å². The molecule has 0 saturated carbocycles. The van der Waals surface area contributed by atoms with Crippen LogP contribution in [0.4, 0.5) is 0 Å². The van der Waals surface area contributed by atoms with Crippen molar-refractivity contribution in [3.63, 3.8) is 0 Å². The van der Waals surface area contributed by atoms with Gasteiger partial charge in [0, 0.05) is 0 Å². The van der Waals surface area contributed by atoms with E-state index in [1.165, 1.54) is 18.4 Å². The third-order valence-corrected chi connectivity index (χ3v) is 2.81. The molecule has 0 nitrogen and oxygen atoms in total. The first-order chi connectivity index (χ1) is 6.36. The molecule has 0 bridgehead atoms. The molecule has 0 aromatic heterocycles. The molecule has 1 aliphatic rings. The maximum Gasteiger partial charge on any atom is -0.0122 e. The summed E-state index contributed by atoms with van der Waals surface area (Å²) in [5.41, 5.74) is 1.50. The van der Waals surface area contributed by atoms with Crippen molar-refractivity contribution in [1.82, 2.24) is 0 Å². The van der Waals surface area contributed by atoms with Crippen LogP contribution < -0.4 is 0 Å². The fourth-order valence-electron chi connectivity index (χ4n) is 2.10. The lowest BCUT2D eigenvalue weighted by atomic mass is 9.83. The first kappa shape index (κ1) is 8.55. The van der Waals surface area contributed by atoms with E-state index in [-0.39, 0.29) is 0 Å². The molecule has 0 heteroatoms. The van der Waals surface area contributed by atoms with E-state index in [4.69, 9.17) is 0 Å². The van der Waals surface area contributed by atoms with Gasteiger partial charge in [0.25, 0.3) is 0 Å². The van der Waals surface area contributed by atoms with E-state index in [0.717, 1.165) is 11.8 Å². The lowest BCUT2D eigenvalue weighted by molar-refractivity contribution is 0.515. The van der Waals surface area contributed by atoms with Crippen molar-refractivity contribution in [2.75, 3.05) is 0 Å².